The van der Waals surface area contributed by atoms with Crippen LogP contribution in [0.5, 0.6) is 5.88 Å². The minimum atomic E-state index is -0.321. The van der Waals surface area contributed by atoms with Crippen LogP contribution in [0.2, 0.25) is 0 Å². The van der Waals surface area contributed by atoms with Gasteiger partial charge in [0.1, 0.15) is 24.7 Å². The molecule has 0 saturated carbocycles. The van der Waals surface area contributed by atoms with E-state index in [9.17, 15) is 4.79 Å². The maximum Gasteiger partial charge on any atom is 0.410 e. The largest absolute Gasteiger partial charge is 0.476 e. The number of aromatic nitrogens is 2. The Labute approximate surface area is 180 Å². The number of amides is 1. The average molecular weight is 426 g/mol. The monoisotopic (exact) mass is 426 g/mol. The van der Waals surface area contributed by atoms with Gasteiger partial charge in [-0.05, 0) is 13.0 Å². The van der Waals surface area contributed by atoms with Gasteiger partial charge in [-0.1, -0.05) is 23.8 Å². The summed E-state index contributed by atoms with van der Waals surface area (Å²) in [6.45, 7) is 6.36. The molecule has 2 N–H and O–H groups in total. The minimum absolute atomic E-state index is 0.285. The van der Waals surface area contributed by atoms with Crippen LogP contribution in [0.3, 0.4) is 0 Å². The third kappa shape index (κ3) is 5.02. The number of hydrogen-bond donors (Lipinski definition) is 1. The first-order chi connectivity index (χ1) is 15.1. The highest BCUT2D eigenvalue weighted by atomic mass is 16.6. The molecule has 164 valence electrons. The van der Waals surface area contributed by atoms with Gasteiger partial charge in [-0.25, -0.2) is 9.78 Å². The van der Waals surface area contributed by atoms with E-state index in [1.54, 1.807) is 11.0 Å². The van der Waals surface area contributed by atoms with Crippen LogP contribution in [-0.4, -0.2) is 79.3 Å². The van der Waals surface area contributed by atoms with Gasteiger partial charge in [-0.3, -0.25) is 0 Å². The molecule has 10 nitrogen and oxygen atoms in total. The first-order valence-electron chi connectivity index (χ1n) is 10.3. The van der Waals surface area contributed by atoms with Crippen molar-refractivity contribution in [2.24, 2.45) is 10.9 Å². The summed E-state index contributed by atoms with van der Waals surface area (Å²) in [5.74, 6) is 7.24. The predicted octanol–water partition coefficient (Wildman–Crippen LogP) is 1.16. The van der Waals surface area contributed by atoms with Crippen molar-refractivity contribution < 1.29 is 19.0 Å². The van der Waals surface area contributed by atoms with Gasteiger partial charge in [-0.2, -0.15) is 10.1 Å². The SMILES string of the molecule is Cc1cccc(/C(=N/N)c2nc(OCCN3CCOC3=O)cc(N3CCOCC3)n2)c1. The molecular weight excluding hydrogens is 400 g/mol. The van der Waals surface area contributed by atoms with Crippen LogP contribution in [-0.2, 0) is 9.47 Å². The first-order valence-corrected chi connectivity index (χ1v) is 10.3. The second-order valence-electron chi connectivity index (χ2n) is 7.28. The van der Waals surface area contributed by atoms with Crippen LogP contribution in [0.1, 0.15) is 17.0 Å². The number of morpholine rings is 1. The zero-order valence-electron chi connectivity index (χ0n) is 17.5. The smallest absolute Gasteiger partial charge is 0.410 e. The van der Waals surface area contributed by atoms with Crippen LogP contribution in [0.15, 0.2) is 35.4 Å². The number of aryl methyl sites for hydroxylation is 1. The lowest BCUT2D eigenvalue weighted by atomic mass is 10.1. The summed E-state index contributed by atoms with van der Waals surface area (Å²) in [4.78, 5) is 24.6. The Morgan fingerprint density at radius 2 is 2.03 bits per heavy atom. The number of cyclic esters (lactones) is 1. The molecule has 10 heteroatoms. The number of carbonyl (C=O) groups is 1. The van der Waals surface area contributed by atoms with Crippen LogP contribution < -0.4 is 15.5 Å². The second kappa shape index (κ2) is 9.61. The molecule has 2 fully saturated rings. The lowest BCUT2D eigenvalue weighted by Crippen LogP contribution is -2.37. The van der Waals surface area contributed by atoms with Crippen LogP contribution in [0, 0.1) is 6.92 Å². The number of carbonyl (C=O) groups excluding carboxylic acids is 1. The molecular formula is C21H26N6O4. The van der Waals surface area contributed by atoms with E-state index in [0.717, 1.165) is 30.0 Å². The topological polar surface area (TPSA) is 115 Å². The number of anilines is 1. The molecule has 2 saturated heterocycles. The van der Waals surface area contributed by atoms with Gasteiger partial charge in [0, 0.05) is 24.7 Å². The molecule has 0 unspecified atom stereocenters. The van der Waals surface area contributed by atoms with Gasteiger partial charge >= 0.3 is 6.09 Å². The normalized spacial score (nSPS) is 17.1. The Morgan fingerprint density at radius 3 is 2.74 bits per heavy atom. The molecule has 1 aromatic carbocycles. The van der Waals surface area contributed by atoms with Gasteiger partial charge < -0.3 is 29.9 Å². The quantitative estimate of drug-likeness (QED) is 0.398. The summed E-state index contributed by atoms with van der Waals surface area (Å²) in [5, 5.41) is 3.97. The molecule has 2 aliphatic heterocycles. The molecule has 2 aliphatic rings. The minimum Gasteiger partial charge on any atom is -0.476 e. The summed E-state index contributed by atoms with van der Waals surface area (Å²) in [7, 11) is 0. The van der Waals surface area contributed by atoms with E-state index in [1.807, 2.05) is 31.2 Å². The van der Waals surface area contributed by atoms with Gasteiger partial charge in [-0.15, -0.1) is 0 Å². The Morgan fingerprint density at radius 1 is 1.19 bits per heavy atom. The number of hydrazone groups is 1. The molecule has 3 heterocycles. The van der Waals surface area contributed by atoms with E-state index in [4.69, 9.17) is 25.0 Å². The van der Waals surface area contributed by atoms with Gasteiger partial charge in [0.25, 0.3) is 0 Å². The Hall–Kier alpha value is -3.40. The van der Waals surface area contributed by atoms with Crippen molar-refractivity contribution in [3.05, 3.63) is 47.3 Å². The third-order valence-electron chi connectivity index (χ3n) is 5.11. The third-order valence-corrected chi connectivity index (χ3v) is 5.11. The van der Waals surface area contributed by atoms with Crippen LogP contribution in [0.25, 0.3) is 0 Å². The highest BCUT2D eigenvalue weighted by molar-refractivity contribution is 6.10. The number of nitrogens with zero attached hydrogens (tertiary/aromatic N) is 5. The Kier molecular flexibility index (Phi) is 6.46. The van der Waals surface area contributed by atoms with Crippen molar-refractivity contribution >= 4 is 17.6 Å². The molecule has 1 aromatic heterocycles. The predicted molar refractivity (Wildman–Crippen MR) is 114 cm³/mol. The average Bonchev–Trinajstić information content (AvgIpc) is 3.19. The van der Waals surface area contributed by atoms with Gasteiger partial charge in [0.05, 0.1) is 26.3 Å². The van der Waals surface area contributed by atoms with Crippen molar-refractivity contribution in [2.45, 2.75) is 6.92 Å². The molecule has 0 bridgehead atoms. The number of rotatable bonds is 7. The summed E-state index contributed by atoms with van der Waals surface area (Å²) in [6.07, 6.45) is -0.321. The zero-order chi connectivity index (χ0) is 21.6. The van der Waals surface area contributed by atoms with Crippen molar-refractivity contribution in [2.75, 3.05) is 57.5 Å². The van der Waals surface area contributed by atoms with Crippen molar-refractivity contribution in [3.8, 4) is 5.88 Å². The van der Waals surface area contributed by atoms with Gasteiger partial charge in [0.15, 0.2) is 5.82 Å². The molecule has 31 heavy (non-hydrogen) atoms. The number of nitrogens with two attached hydrogens (primary N) is 1. The summed E-state index contributed by atoms with van der Waals surface area (Å²) in [5.41, 5.74) is 2.39. The van der Waals surface area contributed by atoms with E-state index in [-0.39, 0.29) is 12.7 Å². The van der Waals surface area contributed by atoms with E-state index in [0.29, 0.717) is 50.3 Å². The Balaban J connectivity index is 1.60. The van der Waals surface area contributed by atoms with Crippen molar-refractivity contribution in [1.82, 2.24) is 14.9 Å². The first kappa shape index (κ1) is 20.9. The zero-order valence-corrected chi connectivity index (χ0v) is 17.5. The summed E-state index contributed by atoms with van der Waals surface area (Å²) < 4.78 is 16.3. The maximum atomic E-state index is 11.6. The van der Waals surface area contributed by atoms with E-state index in [1.165, 1.54) is 0 Å². The van der Waals surface area contributed by atoms with E-state index < -0.39 is 0 Å². The molecule has 0 radical (unpaired) electrons. The van der Waals surface area contributed by atoms with Crippen LogP contribution >= 0.6 is 0 Å². The maximum absolute atomic E-state index is 11.6. The van der Waals surface area contributed by atoms with E-state index in [2.05, 4.69) is 15.0 Å². The standard InChI is InChI=1S/C21H26N6O4/c1-15-3-2-4-16(13-15)19(25-22)20-23-17(26-5-9-29-10-6-26)14-18(24-20)30-11-7-27-8-12-31-21(27)28/h2-4,13-14H,5-12,22H2,1H3/b25-19-. The van der Waals surface area contributed by atoms with Gasteiger partial charge in [0.2, 0.25) is 5.88 Å². The molecule has 4 rings (SSSR count). The fourth-order valence-corrected chi connectivity index (χ4v) is 3.49. The lowest BCUT2D eigenvalue weighted by Gasteiger charge is -2.28. The van der Waals surface area contributed by atoms with Crippen molar-refractivity contribution in [3.63, 3.8) is 0 Å². The van der Waals surface area contributed by atoms with Crippen molar-refractivity contribution in [1.29, 1.82) is 0 Å². The summed E-state index contributed by atoms with van der Waals surface area (Å²) in [6, 6.07) is 9.63. The van der Waals surface area contributed by atoms with E-state index >= 15 is 0 Å². The summed E-state index contributed by atoms with van der Waals surface area (Å²) >= 11 is 0. The molecule has 0 atom stereocenters. The number of hydrogen-bond acceptors (Lipinski definition) is 9. The highest BCUT2D eigenvalue weighted by Crippen LogP contribution is 2.21. The molecule has 0 spiro atoms. The fraction of sp³-hybridized carbons (Fsp3) is 0.429. The Bertz CT molecular complexity index is 961. The molecule has 1 amide bonds. The second-order valence-corrected chi connectivity index (χ2v) is 7.28. The number of benzene rings is 1. The number of ether oxygens (including phenoxy) is 3. The molecule has 0 aliphatic carbocycles. The fourth-order valence-electron chi connectivity index (χ4n) is 3.49. The lowest BCUT2D eigenvalue weighted by molar-refractivity contribution is 0.122. The molecule has 2 aromatic rings. The highest BCUT2D eigenvalue weighted by Gasteiger charge is 2.22. The van der Waals surface area contributed by atoms with Crippen LogP contribution in [0.4, 0.5) is 10.6 Å².